The highest BCUT2D eigenvalue weighted by molar-refractivity contribution is 5.91. The molecule has 0 bridgehead atoms. The summed E-state index contributed by atoms with van der Waals surface area (Å²) in [6.45, 7) is 12.6. The van der Waals surface area contributed by atoms with Gasteiger partial charge >= 0.3 is 0 Å². The molecule has 2 heteroatoms. The first-order valence-corrected chi connectivity index (χ1v) is 27.0. The molecule has 0 saturated carbocycles. The molecule has 2 heterocycles. The number of benzene rings is 9. The first kappa shape index (κ1) is 45.2. The van der Waals surface area contributed by atoms with Crippen LogP contribution in [0, 0.1) is 0 Å². The fraction of sp³-hybridized carbons (Fsp3) is 0.151. The Bertz CT molecular complexity index is 3770. The van der Waals surface area contributed by atoms with Crippen molar-refractivity contribution in [3.8, 4) is 11.1 Å². The average Bonchev–Trinajstić information content (AvgIpc) is 4.08. The molecule has 14 rings (SSSR count). The molecular formula is C73H60N2. The molecule has 0 atom stereocenters. The van der Waals surface area contributed by atoms with Crippen LogP contribution in [0.5, 0.6) is 0 Å². The van der Waals surface area contributed by atoms with Gasteiger partial charge in [0.1, 0.15) is 0 Å². The number of nitrogens with zero attached hydrogens (tertiary/aromatic N) is 2. The number of para-hydroxylation sites is 3. The highest BCUT2D eigenvalue weighted by Crippen LogP contribution is 2.59. The first-order valence-electron chi connectivity index (χ1n) is 27.0. The third-order valence-corrected chi connectivity index (χ3v) is 17.8. The minimum absolute atomic E-state index is 0.143. The lowest BCUT2D eigenvalue weighted by Crippen LogP contribution is -2.33. The van der Waals surface area contributed by atoms with Crippen LogP contribution in [0.3, 0.4) is 0 Å². The largest absolute Gasteiger partial charge is 0.341 e. The third kappa shape index (κ3) is 6.78. The van der Waals surface area contributed by atoms with Crippen molar-refractivity contribution in [1.29, 1.82) is 0 Å². The summed E-state index contributed by atoms with van der Waals surface area (Å²) in [5.74, 6) is 0. The van der Waals surface area contributed by atoms with E-state index in [9.17, 15) is 0 Å². The van der Waals surface area contributed by atoms with E-state index in [1.807, 2.05) is 0 Å². The minimum Gasteiger partial charge on any atom is -0.341 e. The number of hydrogen-bond acceptors (Lipinski definition) is 2. The van der Waals surface area contributed by atoms with Crippen LogP contribution in [-0.2, 0) is 35.5 Å². The van der Waals surface area contributed by atoms with Crippen molar-refractivity contribution in [2.75, 3.05) is 16.3 Å². The fourth-order valence-corrected chi connectivity index (χ4v) is 14.4. The predicted octanol–water partition coefficient (Wildman–Crippen LogP) is 17.7. The van der Waals surface area contributed by atoms with E-state index in [0.717, 1.165) is 37.9 Å². The van der Waals surface area contributed by atoms with Gasteiger partial charge in [-0.25, -0.2) is 0 Å². The molecule has 2 aliphatic heterocycles. The zero-order valence-electron chi connectivity index (χ0n) is 43.2. The van der Waals surface area contributed by atoms with Gasteiger partial charge in [0, 0.05) is 34.4 Å². The summed E-state index contributed by atoms with van der Waals surface area (Å²) in [5.41, 5.74) is 27.8. The van der Waals surface area contributed by atoms with E-state index in [1.54, 1.807) is 0 Å². The summed E-state index contributed by atoms with van der Waals surface area (Å²) >= 11 is 0. The molecule has 0 radical (unpaired) electrons. The van der Waals surface area contributed by atoms with Crippen LogP contribution in [0.25, 0.3) is 28.9 Å². The van der Waals surface area contributed by atoms with Gasteiger partial charge in [0.2, 0.25) is 0 Å². The van der Waals surface area contributed by atoms with Gasteiger partial charge in [-0.1, -0.05) is 209 Å². The van der Waals surface area contributed by atoms with E-state index in [0.29, 0.717) is 0 Å². The third-order valence-electron chi connectivity index (χ3n) is 17.8. The second kappa shape index (κ2) is 17.3. The second-order valence-electron chi connectivity index (χ2n) is 22.1. The molecular weight excluding hydrogens is 905 g/mol. The molecule has 0 unspecified atom stereocenters. The number of hydrogen-bond donors (Lipinski definition) is 0. The molecule has 0 aromatic heterocycles. The summed E-state index contributed by atoms with van der Waals surface area (Å²) in [4.78, 5) is 5.01. The van der Waals surface area contributed by atoms with E-state index in [1.165, 1.54) is 117 Å². The maximum atomic E-state index is 4.52. The molecule has 0 saturated heterocycles. The van der Waals surface area contributed by atoms with E-state index in [-0.39, 0.29) is 10.8 Å². The van der Waals surface area contributed by atoms with Crippen LogP contribution < -0.4 is 9.80 Å². The van der Waals surface area contributed by atoms with Crippen molar-refractivity contribution in [1.82, 2.24) is 0 Å². The van der Waals surface area contributed by atoms with E-state index in [4.69, 9.17) is 0 Å². The van der Waals surface area contributed by atoms with Crippen molar-refractivity contribution in [2.24, 2.45) is 0 Å². The van der Waals surface area contributed by atoms with Crippen molar-refractivity contribution in [2.45, 2.75) is 62.7 Å². The summed E-state index contributed by atoms with van der Waals surface area (Å²) in [6, 6.07) is 80.1. The van der Waals surface area contributed by atoms with Crippen molar-refractivity contribution >= 4 is 40.5 Å². The number of anilines is 4. The number of allylic oxidation sites excluding steroid dienone is 4. The van der Waals surface area contributed by atoms with Crippen molar-refractivity contribution < 1.29 is 0 Å². The molecule has 5 aliphatic rings. The molecule has 2 nitrogen and oxygen atoms in total. The molecule has 0 amide bonds. The van der Waals surface area contributed by atoms with Crippen LogP contribution in [0.15, 0.2) is 242 Å². The zero-order valence-corrected chi connectivity index (χ0v) is 43.2. The Hall–Kier alpha value is -8.46. The van der Waals surface area contributed by atoms with Gasteiger partial charge in [-0.15, -0.1) is 0 Å². The zero-order chi connectivity index (χ0) is 50.5. The molecule has 75 heavy (non-hydrogen) atoms. The maximum Gasteiger partial charge on any atom is 0.0714 e. The summed E-state index contributed by atoms with van der Waals surface area (Å²) in [6.07, 6.45) is 13.4. The van der Waals surface area contributed by atoms with Crippen LogP contribution in [0.1, 0.15) is 99.5 Å². The highest BCUT2D eigenvalue weighted by atomic mass is 15.2. The lowest BCUT2D eigenvalue weighted by molar-refractivity contribution is 0.557. The molecule has 362 valence electrons. The number of rotatable bonds is 8. The van der Waals surface area contributed by atoms with E-state index >= 15 is 0 Å². The van der Waals surface area contributed by atoms with Crippen LogP contribution in [0.2, 0.25) is 0 Å². The second-order valence-corrected chi connectivity index (χ2v) is 22.1. The lowest BCUT2D eigenvalue weighted by atomic mass is 9.67. The predicted molar refractivity (Wildman–Crippen MR) is 314 cm³/mol. The fourth-order valence-electron chi connectivity index (χ4n) is 14.4. The Morgan fingerprint density at radius 2 is 1.00 bits per heavy atom. The average molecular weight is 965 g/mol. The SMILES string of the molecule is C=CC(=CC1=C(C)c2ccc(C=Cc3ccc4c(c3)C(c3ccccc3)(c3ccccc3)c3cc(N5CCCc6ccccc65)ccc3-4)cc2C12Cc1ccccc1C2)N1c2ccccc2C(C)(C)c2ccccc21. The Morgan fingerprint density at radius 3 is 1.61 bits per heavy atom. The Morgan fingerprint density at radius 1 is 0.493 bits per heavy atom. The van der Waals surface area contributed by atoms with Gasteiger partial charge in [0.15, 0.2) is 0 Å². The number of aryl methyl sites for hydroxylation is 1. The molecule has 0 N–H and O–H groups in total. The molecule has 9 aromatic carbocycles. The monoisotopic (exact) mass is 964 g/mol. The number of fused-ring (bicyclic) bond motifs is 9. The molecule has 9 aromatic rings. The smallest absolute Gasteiger partial charge is 0.0714 e. The van der Waals surface area contributed by atoms with Gasteiger partial charge in [-0.05, 0) is 176 Å². The minimum atomic E-state index is -0.522. The van der Waals surface area contributed by atoms with E-state index in [2.05, 4.69) is 274 Å². The summed E-state index contributed by atoms with van der Waals surface area (Å²) in [7, 11) is 0. The van der Waals surface area contributed by atoms with Gasteiger partial charge in [0.25, 0.3) is 0 Å². The standard InChI is InChI=1S/C73H60N2/c1-5-57(75-69-32-18-15-29-62(69)71(3,4)63-30-16-19-33-70(63)75)45-64-49(2)59-39-36-50(43-65(59)72(64)47-53-22-12-13-23-54(53)48-72)34-35-51-37-40-60-61-41-38-58(74-42-20-24-52-21-14-17-31-68(52)74)46-67(61)73(66(60)44-51,55-25-8-6-9-26-55)56-27-10-7-11-28-56/h5-19,21-23,25-41,43-46H,1,20,24,42,47-48H2,2-4H3. The van der Waals surface area contributed by atoms with Gasteiger partial charge in [-0.2, -0.15) is 0 Å². The topological polar surface area (TPSA) is 6.48 Å². The Kier molecular flexibility index (Phi) is 10.4. The summed E-state index contributed by atoms with van der Waals surface area (Å²) < 4.78 is 0. The lowest BCUT2D eigenvalue weighted by Gasteiger charge is -2.42. The summed E-state index contributed by atoms with van der Waals surface area (Å²) in [5, 5.41) is 0. The van der Waals surface area contributed by atoms with Crippen molar-refractivity contribution in [3.63, 3.8) is 0 Å². The van der Waals surface area contributed by atoms with Crippen LogP contribution >= 0.6 is 0 Å². The quantitative estimate of drug-likeness (QED) is 0.111. The molecule has 3 aliphatic carbocycles. The van der Waals surface area contributed by atoms with E-state index < -0.39 is 5.41 Å². The highest BCUT2D eigenvalue weighted by Gasteiger charge is 2.49. The van der Waals surface area contributed by atoms with Crippen LogP contribution in [-0.4, -0.2) is 6.54 Å². The Labute approximate surface area is 443 Å². The van der Waals surface area contributed by atoms with Gasteiger partial charge in [0.05, 0.1) is 16.8 Å². The Balaban J connectivity index is 0.874. The maximum absolute atomic E-state index is 4.52. The van der Waals surface area contributed by atoms with Crippen LogP contribution in [0.4, 0.5) is 22.7 Å². The van der Waals surface area contributed by atoms with Gasteiger partial charge < -0.3 is 9.80 Å². The molecule has 0 fully saturated rings. The first-order chi connectivity index (χ1) is 36.8. The van der Waals surface area contributed by atoms with Crippen molar-refractivity contribution in [3.05, 3.63) is 315 Å². The van der Waals surface area contributed by atoms with Gasteiger partial charge in [-0.3, -0.25) is 0 Å². The molecule has 1 spiro atoms. The normalized spacial score (nSPS) is 17.0.